The maximum absolute atomic E-state index is 12.1. The Balaban J connectivity index is 1.64. The summed E-state index contributed by atoms with van der Waals surface area (Å²) in [4.78, 5) is 21.5. The van der Waals surface area contributed by atoms with E-state index in [4.69, 9.17) is 4.42 Å². The number of furan rings is 1. The molecule has 1 atom stereocenters. The van der Waals surface area contributed by atoms with Crippen molar-refractivity contribution in [1.29, 1.82) is 0 Å². The van der Waals surface area contributed by atoms with Gasteiger partial charge >= 0.3 is 0 Å². The van der Waals surface area contributed by atoms with Crippen LogP contribution in [0.4, 0.5) is 0 Å². The van der Waals surface area contributed by atoms with Gasteiger partial charge < -0.3 is 9.73 Å². The van der Waals surface area contributed by atoms with Crippen LogP contribution < -0.4 is 5.32 Å². The number of carbonyl (C=O) groups is 1. The highest BCUT2D eigenvalue weighted by atomic mass is 32.2. The van der Waals surface area contributed by atoms with E-state index in [1.165, 1.54) is 18.1 Å². The lowest BCUT2D eigenvalue weighted by molar-refractivity contribution is -0.120. The molecule has 3 heterocycles. The summed E-state index contributed by atoms with van der Waals surface area (Å²) in [6.45, 7) is 2.26. The van der Waals surface area contributed by atoms with Crippen molar-refractivity contribution in [3.8, 4) is 0 Å². The van der Waals surface area contributed by atoms with Crippen LogP contribution in [0.15, 0.2) is 45.6 Å². The minimum absolute atomic E-state index is 0.0432. The van der Waals surface area contributed by atoms with E-state index in [0.29, 0.717) is 6.54 Å². The molecule has 108 valence electrons. The van der Waals surface area contributed by atoms with Gasteiger partial charge in [0.15, 0.2) is 0 Å². The third kappa shape index (κ3) is 3.25. The summed E-state index contributed by atoms with van der Waals surface area (Å²) in [7, 11) is 0. The largest absolute Gasteiger partial charge is 0.467 e. The predicted molar refractivity (Wildman–Crippen MR) is 83.3 cm³/mol. The third-order valence-electron chi connectivity index (χ3n) is 2.90. The third-order valence-corrected chi connectivity index (χ3v) is 4.84. The molecule has 1 N–H and O–H groups in total. The number of thioether (sulfide) groups is 1. The van der Waals surface area contributed by atoms with Gasteiger partial charge in [0.25, 0.3) is 0 Å². The fourth-order valence-corrected chi connectivity index (χ4v) is 3.54. The second-order valence-electron chi connectivity index (χ2n) is 4.38. The maximum atomic E-state index is 12.1. The zero-order chi connectivity index (χ0) is 14.7. The number of nitrogens with zero attached hydrogens (tertiary/aromatic N) is 2. The van der Waals surface area contributed by atoms with E-state index < -0.39 is 0 Å². The summed E-state index contributed by atoms with van der Waals surface area (Å²) in [5, 5.41) is 6.43. The van der Waals surface area contributed by atoms with Gasteiger partial charge in [0.2, 0.25) is 5.91 Å². The molecule has 3 aromatic rings. The molecule has 0 aliphatic rings. The van der Waals surface area contributed by atoms with Gasteiger partial charge in [-0.1, -0.05) is 11.8 Å². The van der Waals surface area contributed by atoms with Gasteiger partial charge in [-0.05, 0) is 30.5 Å². The van der Waals surface area contributed by atoms with Gasteiger partial charge in [-0.2, -0.15) is 0 Å². The number of aromatic nitrogens is 2. The van der Waals surface area contributed by atoms with Crippen LogP contribution in [0.5, 0.6) is 0 Å². The van der Waals surface area contributed by atoms with Gasteiger partial charge in [0.05, 0.1) is 18.1 Å². The van der Waals surface area contributed by atoms with Gasteiger partial charge in [-0.25, -0.2) is 9.97 Å². The fraction of sp³-hybridized carbons (Fsp3) is 0.214. The lowest BCUT2D eigenvalue weighted by Crippen LogP contribution is -2.30. The summed E-state index contributed by atoms with van der Waals surface area (Å²) in [5.41, 5.74) is 0. The molecular formula is C14H13N3O2S2. The lowest BCUT2D eigenvalue weighted by atomic mass is 10.4. The molecular weight excluding hydrogens is 306 g/mol. The van der Waals surface area contributed by atoms with Crippen LogP contribution in [0.1, 0.15) is 12.7 Å². The number of amides is 1. The van der Waals surface area contributed by atoms with Crippen molar-refractivity contribution < 1.29 is 9.21 Å². The normalized spacial score (nSPS) is 12.4. The molecule has 0 radical (unpaired) electrons. The fourth-order valence-electron chi connectivity index (χ4n) is 1.81. The molecule has 7 heteroatoms. The average Bonchev–Trinajstić information content (AvgIpc) is 3.16. The van der Waals surface area contributed by atoms with Gasteiger partial charge in [-0.15, -0.1) is 11.3 Å². The monoisotopic (exact) mass is 319 g/mol. The lowest BCUT2D eigenvalue weighted by Gasteiger charge is -2.11. The Labute approximate surface area is 129 Å². The van der Waals surface area contributed by atoms with E-state index in [-0.39, 0.29) is 11.2 Å². The Hall–Kier alpha value is -1.86. The SMILES string of the molecule is CC(Sc1ncnc2sccc12)C(=O)NCc1ccco1. The van der Waals surface area contributed by atoms with E-state index in [1.807, 2.05) is 24.4 Å². The molecule has 3 rings (SSSR count). The maximum Gasteiger partial charge on any atom is 0.233 e. The van der Waals surface area contributed by atoms with Crippen molar-refractivity contribution in [3.05, 3.63) is 41.9 Å². The Morgan fingerprint density at radius 2 is 2.38 bits per heavy atom. The predicted octanol–water partition coefficient (Wildman–Crippen LogP) is 3.08. The zero-order valence-corrected chi connectivity index (χ0v) is 12.9. The smallest absolute Gasteiger partial charge is 0.233 e. The first-order valence-corrected chi connectivity index (χ1v) is 8.15. The Bertz CT molecular complexity index is 740. The summed E-state index contributed by atoms with van der Waals surface area (Å²) >= 11 is 3.00. The van der Waals surface area contributed by atoms with Crippen molar-refractivity contribution in [2.45, 2.75) is 23.7 Å². The molecule has 0 saturated heterocycles. The summed E-state index contributed by atoms with van der Waals surface area (Å²) in [5.74, 6) is 0.696. The number of nitrogens with one attached hydrogen (secondary N) is 1. The second-order valence-corrected chi connectivity index (χ2v) is 6.60. The zero-order valence-electron chi connectivity index (χ0n) is 11.3. The molecule has 0 spiro atoms. The standard InChI is InChI=1S/C14H13N3O2S2/c1-9(12(18)15-7-10-3-2-5-19-10)21-14-11-4-6-20-13(11)16-8-17-14/h2-6,8-9H,7H2,1H3,(H,15,18). The van der Waals surface area contributed by atoms with Crippen molar-refractivity contribution in [2.75, 3.05) is 0 Å². The minimum Gasteiger partial charge on any atom is -0.467 e. The number of carbonyl (C=O) groups excluding carboxylic acids is 1. The Morgan fingerprint density at radius 1 is 1.48 bits per heavy atom. The molecule has 0 aliphatic heterocycles. The van der Waals surface area contributed by atoms with Crippen LogP contribution in [0.2, 0.25) is 0 Å². The van der Waals surface area contributed by atoms with Crippen LogP contribution in [0, 0.1) is 0 Å². The van der Waals surface area contributed by atoms with Crippen molar-refractivity contribution in [2.24, 2.45) is 0 Å². The number of fused-ring (bicyclic) bond motifs is 1. The first kappa shape index (κ1) is 14.1. The van der Waals surface area contributed by atoms with E-state index in [1.54, 1.807) is 23.7 Å². The van der Waals surface area contributed by atoms with Crippen LogP contribution in [-0.2, 0) is 11.3 Å². The Kier molecular flexibility index (Phi) is 4.21. The quantitative estimate of drug-likeness (QED) is 0.578. The van der Waals surface area contributed by atoms with Crippen molar-refractivity contribution in [3.63, 3.8) is 0 Å². The van der Waals surface area contributed by atoms with E-state index in [2.05, 4.69) is 15.3 Å². The van der Waals surface area contributed by atoms with Crippen molar-refractivity contribution in [1.82, 2.24) is 15.3 Å². The summed E-state index contributed by atoms with van der Waals surface area (Å²) < 4.78 is 5.19. The molecule has 0 aromatic carbocycles. The minimum atomic E-state index is -0.238. The van der Waals surface area contributed by atoms with Crippen molar-refractivity contribution >= 4 is 39.2 Å². The molecule has 21 heavy (non-hydrogen) atoms. The number of hydrogen-bond acceptors (Lipinski definition) is 6. The van der Waals surface area contributed by atoms with Gasteiger partial charge in [0, 0.05) is 5.39 Å². The van der Waals surface area contributed by atoms with Gasteiger partial charge in [-0.3, -0.25) is 4.79 Å². The molecule has 0 bridgehead atoms. The number of rotatable bonds is 5. The second kappa shape index (κ2) is 6.28. The molecule has 3 aromatic heterocycles. The average molecular weight is 319 g/mol. The first-order chi connectivity index (χ1) is 10.2. The van der Waals surface area contributed by atoms with E-state index in [0.717, 1.165) is 21.0 Å². The molecule has 1 unspecified atom stereocenters. The molecule has 0 saturated carbocycles. The Morgan fingerprint density at radius 3 is 3.19 bits per heavy atom. The first-order valence-electron chi connectivity index (χ1n) is 6.39. The summed E-state index contributed by atoms with van der Waals surface area (Å²) in [6.07, 6.45) is 3.13. The van der Waals surface area contributed by atoms with E-state index in [9.17, 15) is 4.79 Å². The number of hydrogen-bond donors (Lipinski definition) is 1. The molecule has 0 aliphatic carbocycles. The highest BCUT2D eigenvalue weighted by Crippen LogP contribution is 2.30. The van der Waals surface area contributed by atoms with Crippen LogP contribution >= 0.6 is 23.1 Å². The topological polar surface area (TPSA) is 68.0 Å². The number of thiophene rings is 1. The van der Waals surface area contributed by atoms with Gasteiger partial charge in [0.1, 0.15) is 21.9 Å². The van der Waals surface area contributed by atoms with Crippen LogP contribution in [-0.4, -0.2) is 21.1 Å². The molecule has 1 amide bonds. The summed E-state index contributed by atoms with van der Waals surface area (Å²) in [6, 6.07) is 5.61. The van der Waals surface area contributed by atoms with E-state index >= 15 is 0 Å². The molecule has 5 nitrogen and oxygen atoms in total. The van der Waals surface area contributed by atoms with Crippen LogP contribution in [0.3, 0.4) is 0 Å². The highest BCUT2D eigenvalue weighted by molar-refractivity contribution is 8.00. The molecule has 0 fully saturated rings. The highest BCUT2D eigenvalue weighted by Gasteiger charge is 2.17. The van der Waals surface area contributed by atoms with Crippen LogP contribution in [0.25, 0.3) is 10.2 Å².